The zero-order chi connectivity index (χ0) is 14.7. The Balaban J connectivity index is 1.75. The van der Waals surface area contributed by atoms with E-state index in [2.05, 4.69) is 0 Å². The second-order valence-corrected chi connectivity index (χ2v) is 4.84. The van der Waals surface area contributed by atoms with Crippen molar-refractivity contribution in [3.05, 3.63) is 83.8 Å². The van der Waals surface area contributed by atoms with Crippen LogP contribution in [-0.2, 0) is 0 Å². The van der Waals surface area contributed by atoms with Crippen LogP contribution in [0.3, 0.4) is 0 Å². The molecule has 0 unspecified atom stereocenters. The smallest absolute Gasteiger partial charge is 0.137 e. The third kappa shape index (κ3) is 3.15. The second kappa shape index (κ2) is 5.85. The van der Waals surface area contributed by atoms with Crippen LogP contribution in [0.25, 0.3) is 0 Å². The summed E-state index contributed by atoms with van der Waals surface area (Å²) in [6, 6.07) is 20.5. The number of rotatable bonds is 4. The van der Waals surface area contributed by atoms with Crippen molar-refractivity contribution < 1.29 is 14.3 Å². The topological polar surface area (TPSA) is 42.6 Å². The SMILES string of the molecule is Cc1ccc([C@@H](O)c2ccc(Oc3ccccc3)cc2)o1. The molecule has 0 amide bonds. The monoisotopic (exact) mass is 280 g/mol. The molecule has 0 spiro atoms. The average Bonchev–Trinajstić information content (AvgIpc) is 2.95. The van der Waals surface area contributed by atoms with E-state index in [1.54, 1.807) is 6.07 Å². The zero-order valence-electron chi connectivity index (χ0n) is 11.7. The maximum Gasteiger partial charge on any atom is 0.137 e. The van der Waals surface area contributed by atoms with E-state index >= 15 is 0 Å². The van der Waals surface area contributed by atoms with Gasteiger partial charge in [-0.25, -0.2) is 0 Å². The normalized spacial score (nSPS) is 12.1. The molecule has 0 aliphatic rings. The molecule has 3 rings (SSSR count). The van der Waals surface area contributed by atoms with Crippen LogP contribution < -0.4 is 4.74 Å². The highest BCUT2D eigenvalue weighted by molar-refractivity contribution is 5.35. The van der Waals surface area contributed by atoms with Crippen molar-refractivity contribution in [1.82, 2.24) is 0 Å². The number of furan rings is 1. The fourth-order valence-corrected chi connectivity index (χ4v) is 2.11. The Kier molecular flexibility index (Phi) is 3.75. The summed E-state index contributed by atoms with van der Waals surface area (Å²) >= 11 is 0. The summed E-state index contributed by atoms with van der Waals surface area (Å²) in [5, 5.41) is 10.3. The lowest BCUT2D eigenvalue weighted by atomic mass is 10.1. The Morgan fingerprint density at radius 3 is 2.14 bits per heavy atom. The quantitative estimate of drug-likeness (QED) is 0.767. The first-order valence-electron chi connectivity index (χ1n) is 6.79. The summed E-state index contributed by atoms with van der Waals surface area (Å²) in [6.45, 7) is 1.85. The minimum Gasteiger partial charge on any atom is -0.463 e. The molecule has 0 saturated heterocycles. The summed E-state index contributed by atoms with van der Waals surface area (Å²) < 4.78 is 11.2. The fourth-order valence-electron chi connectivity index (χ4n) is 2.11. The van der Waals surface area contributed by atoms with E-state index in [0.717, 1.165) is 22.8 Å². The van der Waals surface area contributed by atoms with Gasteiger partial charge in [-0.2, -0.15) is 0 Å². The van der Waals surface area contributed by atoms with Gasteiger partial charge in [0.2, 0.25) is 0 Å². The molecule has 3 heteroatoms. The molecule has 1 N–H and O–H groups in total. The van der Waals surface area contributed by atoms with Gasteiger partial charge in [-0.3, -0.25) is 0 Å². The first-order chi connectivity index (χ1) is 10.2. The van der Waals surface area contributed by atoms with Crippen LogP contribution in [0, 0.1) is 6.92 Å². The van der Waals surface area contributed by atoms with E-state index in [1.165, 1.54) is 0 Å². The summed E-state index contributed by atoms with van der Waals surface area (Å²) in [4.78, 5) is 0. The number of hydrogen-bond acceptors (Lipinski definition) is 3. The lowest BCUT2D eigenvalue weighted by Gasteiger charge is -2.10. The predicted octanol–water partition coefficient (Wildman–Crippen LogP) is 4.46. The molecule has 1 heterocycles. The Hall–Kier alpha value is -2.52. The third-order valence-corrected chi connectivity index (χ3v) is 3.21. The van der Waals surface area contributed by atoms with Crippen molar-refractivity contribution >= 4 is 0 Å². The maximum atomic E-state index is 10.3. The fraction of sp³-hybridized carbons (Fsp3) is 0.111. The summed E-state index contributed by atoms with van der Waals surface area (Å²) in [5.74, 6) is 2.84. The van der Waals surface area contributed by atoms with Crippen LogP contribution in [0.4, 0.5) is 0 Å². The van der Waals surface area contributed by atoms with Crippen LogP contribution in [0.2, 0.25) is 0 Å². The molecular formula is C18H16O3. The van der Waals surface area contributed by atoms with Crippen LogP contribution in [0.15, 0.2) is 71.1 Å². The van der Waals surface area contributed by atoms with E-state index in [1.807, 2.05) is 67.6 Å². The summed E-state index contributed by atoms with van der Waals surface area (Å²) in [7, 11) is 0. The summed E-state index contributed by atoms with van der Waals surface area (Å²) in [5.41, 5.74) is 0.768. The molecule has 1 aromatic heterocycles. The number of benzene rings is 2. The largest absolute Gasteiger partial charge is 0.463 e. The molecule has 106 valence electrons. The van der Waals surface area contributed by atoms with E-state index in [-0.39, 0.29) is 0 Å². The molecular weight excluding hydrogens is 264 g/mol. The third-order valence-electron chi connectivity index (χ3n) is 3.21. The molecule has 2 aromatic carbocycles. The van der Waals surface area contributed by atoms with E-state index in [0.29, 0.717) is 5.76 Å². The predicted molar refractivity (Wildman–Crippen MR) is 80.5 cm³/mol. The van der Waals surface area contributed by atoms with Crippen LogP contribution in [0.5, 0.6) is 11.5 Å². The molecule has 0 fully saturated rings. The van der Waals surface area contributed by atoms with Gasteiger partial charge in [0.25, 0.3) is 0 Å². The highest BCUT2D eigenvalue weighted by Gasteiger charge is 2.14. The number of hydrogen-bond donors (Lipinski definition) is 1. The van der Waals surface area contributed by atoms with Gasteiger partial charge < -0.3 is 14.3 Å². The molecule has 0 aliphatic carbocycles. The molecule has 1 atom stereocenters. The van der Waals surface area contributed by atoms with Crippen LogP contribution in [0.1, 0.15) is 23.2 Å². The molecule has 3 aromatic rings. The molecule has 0 aliphatic heterocycles. The van der Waals surface area contributed by atoms with Gasteiger partial charge in [-0.15, -0.1) is 0 Å². The first kappa shape index (κ1) is 13.5. The van der Waals surface area contributed by atoms with Crippen molar-refractivity contribution in [2.75, 3.05) is 0 Å². The number of aliphatic hydroxyl groups is 1. The number of ether oxygens (including phenoxy) is 1. The number of para-hydroxylation sites is 1. The van der Waals surface area contributed by atoms with Crippen molar-refractivity contribution in [3.8, 4) is 11.5 Å². The van der Waals surface area contributed by atoms with Crippen LogP contribution >= 0.6 is 0 Å². The van der Waals surface area contributed by atoms with Gasteiger partial charge in [-0.05, 0) is 48.9 Å². The number of aryl methyl sites for hydroxylation is 1. The molecule has 0 bridgehead atoms. The Labute approximate surface area is 123 Å². The van der Waals surface area contributed by atoms with Crippen molar-refractivity contribution in [2.24, 2.45) is 0 Å². The first-order valence-corrected chi connectivity index (χ1v) is 6.79. The Morgan fingerprint density at radius 2 is 1.52 bits per heavy atom. The Morgan fingerprint density at radius 1 is 0.857 bits per heavy atom. The van der Waals surface area contributed by atoms with E-state index < -0.39 is 6.10 Å². The molecule has 3 nitrogen and oxygen atoms in total. The zero-order valence-corrected chi connectivity index (χ0v) is 11.7. The van der Waals surface area contributed by atoms with Gasteiger partial charge in [0.05, 0.1) is 0 Å². The van der Waals surface area contributed by atoms with Crippen molar-refractivity contribution in [1.29, 1.82) is 0 Å². The highest BCUT2D eigenvalue weighted by atomic mass is 16.5. The van der Waals surface area contributed by atoms with Gasteiger partial charge in [0, 0.05) is 0 Å². The van der Waals surface area contributed by atoms with E-state index in [4.69, 9.17) is 9.15 Å². The highest BCUT2D eigenvalue weighted by Crippen LogP contribution is 2.27. The van der Waals surface area contributed by atoms with Crippen molar-refractivity contribution in [2.45, 2.75) is 13.0 Å². The van der Waals surface area contributed by atoms with E-state index in [9.17, 15) is 5.11 Å². The molecule has 0 saturated carbocycles. The van der Waals surface area contributed by atoms with Gasteiger partial charge >= 0.3 is 0 Å². The van der Waals surface area contributed by atoms with Gasteiger partial charge in [-0.1, -0.05) is 30.3 Å². The number of aliphatic hydroxyl groups excluding tert-OH is 1. The lowest BCUT2D eigenvalue weighted by molar-refractivity contribution is 0.187. The van der Waals surface area contributed by atoms with Gasteiger partial charge in [0.1, 0.15) is 29.1 Å². The lowest BCUT2D eigenvalue weighted by Crippen LogP contribution is -1.97. The summed E-state index contributed by atoms with van der Waals surface area (Å²) in [6.07, 6.45) is -0.760. The minimum atomic E-state index is -0.760. The Bertz CT molecular complexity index is 699. The standard InChI is InChI=1S/C18H16O3/c1-13-7-12-17(20-13)18(19)14-8-10-16(11-9-14)21-15-5-3-2-4-6-15/h2-12,18-19H,1H3/t18-/m0/s1. The molecule has 0 radical (unpaired) electrons. The van der Waals surface area contributed by atoms with Crippen LogP contribution in [-0.4, -0.2) is 5.11 Å². The minimum absolute atomic E-state index is 0.546. The average molecular weight is 280 g/mol. The maximum absolute atomic E-state index is 10.3. The van der Waals surface area contributed by atoms with Crippen molar-refractivity contribution in [3.63, 3.8) is 0 Å². The molecule has 21 heavy (non-hydrogen) atoms. The van der Waals surface area contributed by atoms with Gasteiger partial charge in [0.15, 0.2) is 0 Å². The second-order valence-electron chi connectivity index (χ2n) is 4.84.